The normalized spacial score (nSPS) is 20.1. The van der Waals surface area contributed by atoms with Gasteiger partial charge >= 0.3 is 13.4 Å². The lowest BCUT2D eigenvalue weighted by Gasteiger charge is -2.22. The monoisotopic (exact) mass is 444 g/mol. The zero-order chi connectivity index (χ0) is 21.7. The molecular formula is C20H21N4O6P. The Morgan fingerprint density at radius 1 is 1.16 bits per heavy atom. The smallest absolute Gasteiger partial charge is 0.407 e. The Balaban J connectivity index is 1.44. The highest BCUT2D eigenvalue weighted by Crippen LogP contribution is 2.48. The van der Waals surface area contributed by atoms with Crippen LogP contribution in [0.25, 0.3) is 0 Å². The van der Waals surface area contributed by atoms with E-state index in [0.29, 0.717) is 24.3 Å². The summed E-state index contributed by atoms with van der Waals surface area (Å²) in [6.07, 6.45) is 4.57. The zero-order valence-corrected chi connectivity index (χ0v) is 17.3. The summed E-state index contributed by atoms with van der Waals surface area (Å²) in [6.45, 7) is -0.0218. The molecule has 10 nitrogen and oxygen atoms in total. The lowest BCUT2D eigenvalue weighted by atomic mass is 10.2. The fraction of sp³-hybridized carbons (Fsp3) is 0.250. The Labute approximate surface area is 177 Å². The van der Waals surface area contributed by atoms with Crippen LogP contribution in [0.2, 0.25) is 0 Å². The molecule has 4 rings (SSSR count). The number of nitrogens with one attached hydrogen (secondary N) is 2. The van der Waals surface area contributed by atoms with Gasteiger partial charge in [0.15, 0.2) is 0 Å². The average molecular weight is 444 g/mol. The van der Waals surface area contributed by atoms with Crippen LogP contribution in [0.4, 0.5) is 5.69 Å². The highest BCUT2D eigenvalue weighted by Gasteiger charge is 2.33. The lowest BCUT2D eigenvalue weighted by molar-refractivity contribution is -0.0210. The first-order chi connectivity index (χ1) is 15.0. The van der Waals surface area contributed by atoms with E-state index >= 15 is 0 Å². The largest absolute Gasteiger partial charge is 0.486 e. The van der Waals surface area contributed by atoms with Crippen molar-refractivity contribution < 1.29 is 18.3 Å². The summed E-state index contributed by atoms with van der Waals surface area (Å²) in [5, 5.41) is 2.82. The maximum absolute atomic E-state index is 13.4. The number of rotatable bonds is 8. The van der Waals surface area contributed by atoms with Gasteiger partial charge in [-0.15, -0.1) is 0 Å². The van der Waals surface area contributed by atoms with Crippen molar-refractivity contribution in [2.75, 3.05) is 11.7 Å². The number of aromatic amines is 1. The molecule has 0 bridgehead atoms. The first-order valence-electron chi connectivity index (χ1n) is 9.65. The number of hydrogen-bond donors (Lipinski definition) is 2. The van der Waals surface area contributed by atoms with Crippen molar-refractivity contribution in [3.8, 4) is 5.75 Å². The van der Waals surface area contributed by atoms with E-state index in [1.807, 2.05) is 6.07 Å². The van der Waals surface area contributed by atoms with Crippen molar-refractivity contribution in [3.63, 3.8) is 0 Å². The third-order valence-electron chi connectivity index (χ3n) is 4.58. The molecule has 0 amide bonds. The summed E-state index contributed by atoms with van der Waals surface area (Å²) >= 11 is 0. The van der Waals surface area contributed by atoms with Gasteiger partial charge in [-0.1, -0.05) is 18.2 Å². The molecule has 1 aromatic carbocycles. The molecule has 0 spiro atoms. The van der Waals surface area contributed by atoms with E-state index < -0.39 is 31.3 Å². The van der Waals surface area contributed by atoms with Gasteiger partial charge in [0.2, 0.25) is 0 Å². The second-order valence-corrected chi connectivity index (χ2v) is 8.52. The number of para-hydroxylation sites is 1. The Bertz CT molecular complexity index is 1120. The third-order valence-corrected chi connectivity index (χ3v) is 6.05. The molecule has 1 saturated heterocycles. The minimum Gasteiger partial charge on any atom is -0.407 e. The molecular weight excluding hydrogens is 423 g/mol. The second kappa shape index (κ2) is 9.30. The summed E-state index contributed by atoms with van der Waals surface area (Å²) in [5.74, 6) is 0.291. The fourth-order valence-corrected chi connectivity index (χ4v) is 4.52. The van der Waals surface area contributed by atoms with Gasteiger partial charge in [0.05, 0.1) is 18.9 Å². The van der Waals surface area contributed by atoms with Crippen molar-refractivity contribution in [1.82, 2.24) is 14.5 Å². The number of H-pyrrole nitrogens is 1. The summed E-state index contributed by atoms with van der Waals surface area (Å²) < 4.78 is 31.9. The first-order valence-corrected chi connectivity index (χ1v) is 11.2. The van der Waals surface area contributed by atoms with E-state index in [-0.39, 0.29) is 6.61 Å². The molecule has 1 aliphatic rings. The number of nitrogens with zero attached hydrogens (tertiary/aromatic N) is 2. The van der Waals surface area contributed by atoms with E-state index in [1.54, 1.807) is 42.6 Å². The molecule has 0 saturated carbocycles. The molecule has 1 fully saturated rings. The van der Waals surface area contributed by atoms with E-state index in [2.05, 4.69) is 15.1 Å². The summed E-state index contributed by atoms with van der Waals surface area (Å²) in [5.41, 5.74) is -0.449. The topological polar surface area (TPSA) is 125 Å². The maximum atomic E-state index is 13.4. The lowest BCUT2D eigenvalue weighted by Crippen LogP contribution is -2.31. The Morgan fingerprint density at radius 3 is 2.74 bits per heavy atom. The molecule has 1 aliphatic heterocycles. The van der Waals surface area contributed by atoms with Gasteiger partial charge in [-0.3, -0.25) is 28.9 Å². The highest BCUT2D eigenvalue weighted by molar-refractivity contribution is 7.55. The van der Waals surface area contributed by atoms with Crippen LogP contribution in [-0.4, -0.2) is 27.2 Å². The number of benzene rings is 1. The molecule has 31 heavy (non-hydrogen) atoms. The average Bonchev–Trinajstić information content (AvgIpc) is 3.22. The van der Waals surface area contributed by atoms with Crippen molar-refractivity contribution in [1.29, 1.82) is 0 Å². The van der Waals surface area contributed by atoms with Crippen LogP contribution in [0.15, 0.2) is 76.7 Å². The minimum absolute atomic E-state index is 0.0218. The van der Waals surface area contributed by atoms with Crippen molar-refractivity contribution in [3.05, 3.63) is 88.0 Å². The fourth-order valence-electron chi connectivity index (χ4n) is 3.14. The number of ether oxygens (including phenoxy) is 1. The maximum Gasteiger partial charge on any atom is 0.486 e. The van der Waals surface area contributed by atoms with Crippen LogP contribution in [0.3, 0.4) is 0 Å². The quantitative estimate of drug-likeness (QED) is 0.508. The predicted octanol–water partition coefficient (Wildman–Crippen LogP) is 2.93. The van der Waals surface area contributed by atoms with Gasteiger partial charge in [0.1, 0.15) is 12.0 Å². The van der Waals surface area contributed by atoms with Gasteiger partial charge < -0.3 is 9.26 Å². The molecule has 11 heteroatoms. The van der Waals surface area contributed by atoms with Crippen LogP contribution in [0, 0.1) is 0 Å². The Kier molecular flexibility index (Phi) is 6.31. The molecule has 0 radical (unpaired) electrons. The van der Waals surface area contributed by atoms with Crippen molar-refractivity contribution in [2.24, 2.45) is 0 Å². The van der Waals surface area contributed by atoms with Crippen LogP contribution in [-0.2, 0) is 13.8 Å². The van der Waals surface area contributed by atoms with Crippen LogP contribution in [0.1, 0.15) is 19.1 Å². The number of pyridine rings is 1. The van der Waals surface area contributed by atoms with Crippen LogP contribution >= 0.6 is 7.75 Å². The molecule has 3 aromatic rings. The zero-order valence-electron chi connectivity index (χ0n) is 16.4. The summed E-state index contributed by atoms with van der Waals surface area (Å²) in [4.78, 5) is 29.4. The van der Waals surface area contributed by atoms with Gasteiger partial charge in [-0.2, -0.15) is 0 Å². The van der Waals surface area contributed by atoms with Gasteiger partial charge in [-0.25, -0.2) is 9.36 Å². The molecule has 2 N–H and O–H groups in total. The number of aromatic nitrogens is 3. The highest BCUT2D eigenvalue weighted by atomic mass is 31.2. The summed E-state index contributed by atoms with van der Waals surface area (Å²) in [6, 6.07) is 13.5. The molecule has 3 atom stereocenters. The molecule has 3 unspecified atom stereocenters. The van der Waals surface area contributed by atoms with Crippen molar-refractivity contribution >= 4 is 13.4 Å². The van der Waals surface area contributed by atoms with Crippen molar-refractivity contribution in [2.45, 2.75) is 25.2 Å². The summed E-state index contributed by atoms with van der Waals surface area (Å²) in [7, 11) is -3.81. The second-order valence-electron chi connectivity index (χ2n) is 6.86. The Morgan fingerprint density at radius 2 is 2.00 bits per heavy atom. The van der Waals surface area contributed by atoms with Gasteiger partial charge in [0, 0.05) is 24.1 Å². The van der Waals surface area contributed by atoms with E-state index in [9.17, 15) is 14.2 Å². The van der Waals surface area contributed by atoms with E-state index in [0.717, 1.165) is 0 Å². The van der Waals surface area contributed by atoms with Crippen LogP contribution < -0.4 is 20.9 Å². The van der Waals surface area contributed by atoms with E-state index in [1.165, 1.54) is 23.0 Å². The minimum atomic E-state index is -3.81. The first kappa shape index (κ1) is 21.0. The number of anilines is 1. The van der Waals surface area contributed by atoms with Gasteiger partial charge in [-0.05, 0) is 37.1 Å². The molecule has 0 aliphatic carbocycles. The standard InChI is InChI=1S/C20H21N4O6P/c25-18-10-12-24(20(26)22-18)19-9-8-17(29-19)14-28-31(27,23-15-5-2-1-3-6-15)30-16-7-4-11-21-13-16/h1-7,10-13,17,19H,8-9,14H2,(H,23,27)(H,22,25,26). The van der Waals surface area contributed by atoms with E-state index in [4.69, 9.17) is 13.8 Å². The molecule has 162 valence electrons. The van der Waals surface area contributed by atoms with Gasteiger partial charge in [0.25, 0.3) is 5.56 Å². The number of hydrogen-bond acceptors (Lipinski definition) is 7. The molecule has 2 aromatic heterocycles. The predicted molar refractivity (Wildman–Crippen MR) is 113 cm³/mol. The molecule has 3 heterocycles. The van der Waals surface area contributed by atoms with Crippen LogP contribution in [0.5, 0.6) is 5.75 Å². The SMILES string of the molecule is O=c1ccn(C2CCC(COP(=O)(Nc3ccccc3)Oc3cccnc3)O2)c(=O)[nH]1. The Hall–Kier alpha value is -3.20. The third kappa shape index (κ3) is 5.49.